The molecule has 0 aromatic heterocycles. The summed E-state index contributed by atoms with van der Waals surface area (Å²) in [5.74, 6) is -0.368. The van der Waals surface area contributed by atoms with Crippen molar-refractivity contribution in [2.24, 2.45) is 0 Å². The number of rotatable bonds is 3. The molecule has 2 aliphatic rings. The van der Waals surface area contributed by atoms with Crippen molar-refractivity contribution in [2.45, 2.75) is 38.2 Å². The Kier molecular flexibility index (Phi) is 4.43. The molecule has 1 fully saturated rings. The van der Waals surface area contributed by atoms with Crippen LogP contribution < -0.4 is 5.32 Å². The average molecular weight is 302 g/mol. The van der Waals surface area contributed by atoms with E-state index in [0.29, 0.717) is 13.1 Å². The third-order valence-electron chi connectivity index (χ3n) is 4.45. The first kappa shape index (κ1) is 15.0. The second-order valence-electron chi connectivity index (χ2n) is 5.87. The van der Waals surface area contributed by atoms with Crippen LogP contribution in [0.25, 0.3) is 0 Å². The summed E-state index contributed by atoms with van der Waals surface area (Å²) in [4.78, 5) is 26.6. The van der Waals surface area contributed by atoms with E-state index in [2.05, 4.69) is 5.32 Å². The Morgan fingerprint density at radius 3 is 2.77 bits per heavy atom. The van der Waals surface area contributed by atoms with Crippen molar-refractivity contribution in [2.75, 3.05) is 25.0 Å². The number of benzene rings is 1. The van der Waals surface area contributed by atoms with E-state index in [1.807, 2.05) is 36.1 Å². The lowest BCUT2D eigenvalue weighted by atomic mass is 9.88. The Morgan fingerprint density at radius 1 is 1.32 bits per heavy atom. The van der Waals surface area contributed by atoms with Crippen LogP contribution in [0.1, 0.15) is 37.7 Å². The number of nitrogens with zero attached hydrogens (tertiary/aromatic N) is 1. The van der Waals surface area contributed by atoms with Crippen LogP contribution in [0.4, 0.5) is 5.69 Å². The lowest BCUT2D eigenvalue weighted by Gasteiger charge is -2.35. The van der Waals surface area contributed by atoms with Crippen molar-refractivity contribution in [3.8, 4) is 0 Å². The van der Waals surface area contributed by atoms with Gasteiger partial charge in [-0.3, -0.25) is 9.59 Å². The fraction of sp³-hybridized carbons (Fsp3) is 0.529. The molecule has 0 unspecified atom stereocenters. The summed E-state index contributed by atoms with van der Waals surface area (Å²) < 4.78 is 5.63. The Hall–Kier alpha value is -1.88. The fourth-order valence-electron chi connectivity index (χ4n) is 3.33. The molecule has 0 radical (unpaired) electrons. The van der Waals surface area contributed by atoms with Crippen molar-refractivity contribution in [1.29, 1.82) is 0 Å². The molecule has 118 valence electrons. The van der Waals surface area contributed by atoms with Crippen molar-refractivity contribution >= 4 is 17.5 Å². The summed E-state index contributed by atoms with van der Waals surface area (Å²) in [6.07, 6.45) is 2.25. The molecule has 22 heavy (non-hydrogen) atoms. The van der Waals surface area contributed by atoms with Crippen LogP contribution in [-0.4, -0.2) is 42.5 Å². The normalized spacial score (nSPS) is 22.1. The van der Waals surface area contributed by atoms with Gasteiger partial charge in [0.1, 0.15) is 0 Å². The summed E-state index contributed by atoms with van der Waals surface area (Å²) in [5, 5.41) is 2.84. The molecule has 5 nitrogen and oxygen atoms in total. The van der Waals surface area contributed by atoms with Crippen LogP contribution in [0.2, 0.25) is 0 Å². The van der Waals surface area contributed by atoms with Crippen LogP contribution in [0.15, 0.2) is 24.3 Å². The third-order valence-corrected chi connectivity index (χ3v) is 4.45. The van der Waals surface area contributed by atoms with Crippen molar-refractivity contribution in [3.05, 3.63) is 29.8 Å². The van der Waals surface area contributed by atoms with E-state index < -0.39 is 0 Å². The Morgan fingerprint density at radius 2 is 2.05 bits per heavy atom. The van der Waals surface area contributed by atoms with Gasteiger partial charge in [0.15, 0.2) is 0 Å². The first-order valence-corrected chi connectivity index (χ1v) is 7.98. The lowest BCUT2D eigenvalue weighted by molar-refractivity contribution is -0.137. The van der Waals surface area contributed by atoms with Crippen molar-refractivity contribution in [1.82, 2.24) is 4.90 Å². The molecule has 0 aliphatic carbocycles. The van der Waals surface area contributed by atoms with Gasteiger partial charge in [-0.15, -0.1) is 0 Å². The maximum absolute atomic E-state index is 12.8. The zero-order chi connectivity index (χ0) is 15.5. The summed E-state index contributed by atoms with van der Waals surface area (Å²) in [6.45, 7) is 4.14. The number of fused-ring (bicyclic) bond motifs is 1. The van der Waals surface area contributed by atoms with Gasteiger partial charge in [-0.25, -0.2) is 0 Å². The number of amides is 2. The molecular formula is C17H22N2O3. The summed E-state index contributed by atoms with van der Waals surface area (Å²) in [6, 6.07) is 7.58. The number of piperidine rings is 1. The zero-order valence-electron chi connectivity index (χ0n) is 12.9. The molecule has 1 atom stereocenters. The molecule has 0 saturated carbocycles. The molecule has 1 aromatic rings. The number of hydrogen-bond acceptors (Lipinski definition) is 3. The second-order valence-corrected chi connectivity index (χ2v) is 5.87. The smallest absolute Gasteiger partial charge is 0.230 e. The van der Waals surface area contributed by atoms with Gasteiger partial charge < -0.3 is 15.0 Å². The SMILES string of the molecule is CCOC1CCN(C(=O)[C@@H]2CC(=O)Nc3ccccc32)CC1. The highest BCUT2D eigenvalue weighted by Gasteiger charge is 2.34. The predicted molar refractivity (Wildman–Crippen MR) is 83.7 cm³/mol. The number of hydrogen-bond donors (Lipinski definition) is 1. The molecule has 2 heterocycles. The predicted octanol–water partition coefficient (Wildman–Crippen LogP) is 2.14. The van der Waals surface area contributed by atoms with Gasteiger partial charge in [0.2, 0.25) is 11.8 Å². The molecule has 1 saturated heterocycles. The molecule has 3 rings (SSSR count). The van der Waals surface area contributed by atoms with Crippen LogP contribution in [0.5, 0.6) is 0 Å². The van der Waals surface area contributed by atoms with Crippen LogP contribution in [-0.2, 0) is 14.3 Å². The zero-order valence-corrected chi connectivity index (χ0v) is 12.9. The quantitative estimate of drug-likeness (QED) is 0.930. The van der Waals surface area contributed by atoms with E-state index in [1.54, 1.807) is 0 Å². The number of carbonyl (C=O) groups is 2. The third kappa shape index (κ3) is 2.99. The molecule has 1 aromatic carbocycles. The van der Waals surface area contributed by atoms with E-state index in [-0.39, 0.29) is 30.3 Å². The topological polar surface area (TPSA) is 58.6 Å². The Bertz CT molecular complexity index is 565. The number of ether oxygens (including phenoxy) is 1. The van der Waals surface area contributed by atoms with Crippen LogP contribution in [0.3, 0.4) is 0 Å². The minimum absolute atomic E-state index is 0.0669. The first-order valence-electron chi connectivity index (χ1n) is 7.98. The molecule has 5 heteroatoms. The largest absolute Gasteiger partial charge is 0.378 e. The van der Waals surface area contributed by atoms with E-state index in [0.717, 1.165) is 30.7 Å². The minimum atomic E-state index is -0.353. The van der Waals surface area contributed by atoms with Gasteiger partial charge >= 0.3 is 0 Å². The fourth-order valence-corrected chi connectivity index (χ4v) is 3.33. The number of carbonyl (C=O) groups excluding carboxylic acids is 2. The second kappa shape index (κ2) is 6.48. The number of likely N-dealkylation sites (tertiary alicyclic amines) is 1. The lowest BCUT2D eigenvalue weighted by Crippen LogP contribution is -2.44. The average Bonchev–Trinajstić information content (AvgIpc) is 2.54. The van der Waals surface area contributed by atoms with E-state index in [1.165, 1.54) is 0 Å². The van der Waals surface area contributed by atoms with Crippen LogP contribution in [0, 0.1) is 0 Å². The molecule has 2 amide bonds. The standard InChI is InChI=1S/C17H22N2O3/c1-2-22-12-7-9-19(10-8-12)17(21)14-11-16(20)18-15-6-4-3-5-13(14)15/h3-6,12,14H,2,7-11H2,1H3,(H,18,20)/t14-/m1/s1. The van der Waals surface area contributed by atoms with Gasteiger partial charge in [-0.1, -0.05) is 18.2 Å². The molecule has 0 bridgehead atoms. The summed E-state index contributed by atoms with van der Waals surface area (Å²) in [7, 11) is 0. The molecule has 1 N–H and O–H groups in total. The van der Waals surface area contributed by atoms with Crippen LogP contribution >= 0.6 is 0 Å². The highest BCUT2D eigenvalue weighted by molar-refractivity contribution is 6.01. The Balaban J connectivity index is 1.72. The van der Waals surface area contributed by atoms with Gasteiger partial charge in [0.05, 0.1) is 12.0 Å². The molecule has 2 aliphatic heterocycles. The summed E-state index contributed by atoms with van der Waals surface area (Å²) in [5.41, 5.74) is 1.69. The molecular weight excluding hydrogens is 280 g/mol. The van der Waals surface area contributed by atoms with Gasteiger partial charge in [0.25, 0.3) is 0 Å². The minimum Gasteiger partial charge on any atom is -0.378 e. The highest BCUT2D eigenvalue weighted by atomic mass is 16.5. The summed E-state index contributed by atoms with van der Waals surface area (Å²) >= 11 is 0. The first-order chi connectivity index (χ1) is 10.7. The van der Waals surface area contributed by atoms with E-state index >= 15 is 0 Å². The Labute approximate surface area is 130 Å². The maximum Gasteiger partial charge on any atom is 0.230 e. The van der Waals surface area contributed by atoms with Gasteiger partial charge in [-0.2, -0.15) is 0 Å². The van der Waals surface area contributed by atoms with E-state index in [9.17, 15) is 9.59 Å². The van der Waals surface area contributed by atoms with E-state index in [4.69, 9.17) is 4.74 Å². The monoisotopic (exact) mass is 302 g/mol. The van der Waals surface area contributed by atoms with Gasteiger partial charge in [-0.05, 0) is 31.4 Å². The van der Waals surface area contributed by atoms with Gasteiger partial charge in [0, 0.05) is 31.8 Å². The maximum atomic E-state index is 12.8. The van der Waals surface area contributed by atoms with Crippen molar-refractivity contribution in [3.63, 3.8) is 0 Å². The molecule has 0 spiro atoms. The number of para-hydroxylation sites is 1. The number of nitrogens with one attached hydrogen (secondary N) is 1. The van der Waals surface area contributed by atoms with Crippen molar-refractivity contribution < 1.29 is 14.3 Å². The number of anilines is 1. The highest BCUT2D eigenvalue weighted by Crippen LogP contribution is 2.34.